The molecule has 0 heterocycles. The van der Waals surface area contributed by atoms with Crippen molar-refractivity contribution in [2.45, 2.75) is 172 Å². The molecule has 0 bridgehead atoms. The molecule has 4 N–H and O–H groups in total. The molecular formula is C28H68O10Si2Zr. The minimum absolute atomic E-state index is 0. The molecular weight excluding hydrogens is 644 g/mol. The average Bonchev–Trinajstić information content (AvgIpc) is 2.43. The Morgan fingerprint density at radius 2 is 0.439 bits per heavy atom. The molecule has 13 heteroatoms. The maximum absolute atomic E-state index is 10.5. The van der Waals surface area contributed by atoms with E-state index in [2.05, 4.69) is 0 Å². The van der Waals surface area contributed by atoms with Gasteiger partial charge in [-0.05, 0) is 138 Å². The molecule has 0 radical (unpaired) electrons. The first-order valence-corrected chi connectivity index (χ1v) is 17.3. The molecule has 0 rings (SSSR count). The van der Waals surface area contributed by atoms with Gasteiger partial charge >= 0.3 is 18.1 Å². The Labute approximate surface area is 274 Å². The van der Waals surface area contributed by atoms with Crippen molar-refractivity contribution < 1.29 is 72.6 Å². The van der Waals surface area contributed by atoms with Gasteiger partial charge in [-0.2, -0.15) is 0 Å². The quantitative estimate of drug-likeness (QED) is 0.254. The zero-order valence-corrected chi connectivity index (χ0v) is 34.6. The van der Waals surface area contributed by atoms with E-state index in [4.69, 9.17) is 36.8 Å². The number of hydrogen-bond donors (Lipinski definition) is 4. The summed E-state index contributed by atoms with van der Waals surface area (Å²) in [5, 5.41) is 15.1. The summed E-state index contributed by atoms with van der Waals surface area (Å²) in [7, 11) is -7.31. The Kier molecular flexibility index (Phi) is 25.3. The Hall–Kier alpha value is 0.917. The maximum Gasteiger partial charge on any atom is 0.678 e. The fourth-order valence-electron chi connectivity index (χ4n) is 2.45. The summed E-state index contributed by atoms with van der Waals surface area (Å²) in [4.78, 5) is 21.0. The maximum atomic E-state index is 10.5. The first-order valence-electron chi connectivity index (χ1n) is 13.9. The number of rotatable bonds is 6. The molecule has 0 atom stereocenters. The van der Waals surface area contributed by atoms with Crippen molar-refractivity contribution in [2.24, 2.45) is 0 Å². The van der Waals surface area contributed by atoms with Crippen molar-refractivity contribution in [1.29, 1.82) is 0 Å². The van der Waals surface area contributed by atoms with Crippen LogP contribution in [0.3, 0.4) is 0 Å². The van der Waals surface area contributed by atoms with Gasteiger partial charge in [0, 0.05) is 39.4 Å². The second-order valence-corrected chi connectivity index (χ2v) is 18.3. The van der Waals surface area contributed by atoms with Gasteiger partial charge < -0.3 is 46.4 Å². The predicted molar refractivity (Wildman–Crippen MR) is 166 cm³/mol. The van der Waals surface area contributed by atoms with Crippen LogP contribution >= 0.6 is 0 Å². The summed E-state index contributed by atoms with van der Waals surface area (Å²) >= 11 is 0. The van der Waals surface area contributed by atoms with Crippen molar-refractivity contribution >= 4 is 18.1 Å². The van der Waals surface area contributed by atoms with Crippen LogP contribution in [0.25, 0.3) is 0 Å². The van der Waals surface area contributed by atoms with E-state index in [-0.39, 0.29) is 39.4 Å². The predicted octanol–water partition coefficient (Wildman–Crippen LogP) is 5.71. The third-order valence-electron chi connectivity index (χ3n) is 2.61. The fourth-order valence-corrected chi connectivity index (χ4v) is 7.34. The summed E-state index contributed by atoms with van der Waals surface area (Å²) in [5.74, 6) is 0. The third kappa shape index (κ3) is 45.5. The molecule has 0 saturated carbocycles. The Bertz CT molecular complexity index is 502. The molecule has 0 aliphatic heterocycles. The van der Waals surface area contributed by atoms with Crippen LogP contribution in [0.2, 0.25) is 0 Å². The SMILES string of the molecule is CC(C)(C)O[Si](O)(OC(C)(C)C)OC(C)(C)C.CC(C)(C)O[Si](O)(OC(C)(C)C)OC(C)(C)C.CCO.CCO.[Zr]. The van der Waals surface area contributed by atoms with E-state index in [0.717, 1.165) is 0 Å². The van der Waals surface area contributed by atoms with Crippen molar-refractivity contribution in [2.75, 3.05) is 13.2 Å². The van der Waals surface area contributed by atoms with Gasteiger partial charge in [-0.3, -0.25) is 0 Å². The Balaban J connectivity index is -0.000000173. The van der Waals surface area contributed by atoms with Gasteiger partial charge in [0.1, 0.15) is 0 Å². The van der Waals surface area contributed by atoms with Gasteiger partial charge in [0.05, 0.1) is 33.6 Å². The zero-order chi connectivity index (χ0) is 33.7. The fraction of sp³-hybridized carbons (Fsp3) is 1.00. The van der Waals surface area contributed by atoms with Crippen molar-refractivity contribution in [3.05, 3.63) is 0 Å². The first-order chi connectivity index (χ1) is 17.1. The molecule has 0 aliphatic carbocycles. The van der Waals surface area contributed by atoms with Crippen LogP contribution in [0.5, 0.6) is 0 Å². The summed E-state index contributed by atoms with van der Waals surface area (Å²) in [6, 6.07) is 0. The molecule has 0 aromatic rings. The summed E-state index contributed by atoms with van der Waals surface area (Å²) in [5.41, 5.74) is -3.10. The summed E-state index contributed by atoms with van der Waals surface area (Å²) < 4.78 is 33.8. The molecule has 10 nitrogen and oxygen atoms in total. The Morgan fingerprint density at radius 3 is 0.488 bits per heavy atom. The van der Waals surface area contributed by atoms with Crippen molar-refractivity contribution in [3.8, 4) is 0 Å². The number of hydrogen-bond acceptors (Lipinski definition) is 10. The normalized spacial score (nSPS) is 13.5. The van der Waals surface area contributed by atoms with E-state index in [9.17, 15) is 9.59 Å². The Morgan fingerprint density at radius 1 is 0.366 bits per heavy atom. The van der Waals surface area contributed by atoms with E-state index >= 15 is 0 Å². The first kappa shape index (κ1) is 51.5. The topological polar surface area (TPSA) is 136 Å². The number of aliphatic hydroxyl groups is 2. The number of aliphatic hydroxyl groups excluding tert-OH is 2. The van der Waals surface area contributed by atoms with Crippen LogP contribution in [0.1, 0.15) is 138 Å². The van der Waals surface area contributed by atoms with Gasteiger partial charge in [-0.1, -0.05) is 0 Å². The monoisotopic (exact) mass is 710 g/mol. The molecule has 41 heavy (non-hydrogen) atoms. The molecule has 0 unspecified atom stereocenters. The van der Waals surface area contributed by atoms with Crippen molar-refractivity contribution in [3.63, 3.8) is 0 Å². The zero-order valence-electron chi connectivity index (χ0n) is 30.2. The molecule has 0 amide bonds. The van der Waals surface area contributed by atoms with Crippen LogP contribution in [0.15, 0.2) is 0 Å². The molecule has 0 spiro atoms. The van der Waals surface area contributed by atoms with Crippen LogP contribution in [0, 0.1) is 0 Å². The summed E-state index contributed by atoms with van der Waals surface area (Å²) in [6.07, 6.45) is 0. The van der Waals surface area contributed by atoms with E-state index in [1.54, 1.807) is 13.8 Å². The summed E-state index contributed by atoms with van der Waals surface area (Å²) in [6.45, 7) is 37.4. The van der Waals surface area contributed by atoms with E-state index in [0.29, 0.717) is 0 Å². The third-order valence-corrected chi connectivity index (χ3v) is 7.83. The van der Waals surface area contributed by atoms with Gasteiger partial charge in [-0.15, -0.1) is 0 Å². The molecule has 0 aliphatic rings. The van der Waals surface area contributed by atoms with Crippen LogP contribution < -0.4 is 0 Å². The van der Waals surface area contributed by atoms with E-state index in [1.165, 1.54) is 0 Å². The second kappa shape index (κ2) is 20.1. The molecule has 252 valence electrons. The largest absolute Gasteiger partial charge is 0.678 e. The van der Waals surface area contributed by atoms with E-state index in [1.807, 2.05) is 125 Å². The van der Waals surface area contributed by atoms with Gasteiger partial charge in [0.2, 0.25) is 0 Å². The molecule has 0 aromatic carbocycles. The molecule has 0 aromatic heterocycles. The van der Waals surface area contributed by atoms with Gasteiger partial charge in [0.15, 0.2) is 0 Å². The molecule has 0 fully saturated rings. The smallest absolute Gasteiger partial charge is 0.397 e. The van der Waals surface area contributed by atoms with Crippen LogP contribution in [-0.2, 0) is 52.8 Å². The molecule has 0 saturated heterocycles. The van der Waals surface area contributed by atoms with Crippen LogP contribution in [-0.4, -0.2) is 84.7 Å². The average molecular weight is 712 g/mol. The van der Waals surface area contributed by atoms with Gasteiger partial charge in [0.25, 0.3) is 0 Å². The van der Waals surface area contributed by atoms with Crippen LogP contribution in [0.4, 0.5) is 0 Å². The minimum Gasteiger partial charge on any atom is -0.397 e. The van der Waals surface area contributed by atoms with Gasteiger partial charge in [-0.25, -0.2) is 0 Å². The second-order valence-electron chi connectivity index (χ2n) is 15.0. The van der Waals surface area contributed by atoms with Crippen molar-refractivity contribution in [1.82, 2.24) is 0 Å². The standard InChI is InChI=1S/2C12H28O4Si.2C2H6O.Zr/c2*1-10(2,3)14-17(13,15-11(4,5)6)16-12(7,8)9;2*1-2-3;/h2*13H,1-9H3;2*3H,2H2,1H3;. The minimum atomic E-state index is -3.66. The van der Waals surface area contributed by atoms with E-state index < -0.39 is 51.7 Å².